The molecular weight excluding hydrogens is 364 g/mol. The van der Waals surface area contributed by atoms with E-state index in [1.165, 1.54) is 0 Å². The Morgan fingerprint density at radius 1 is 0.852 bits per heavy atom. The van der Waals surface area contributed by atoms with E-state index in [0.717, 1.165) is 11.4 Å². The van der Waals surface area contributed by atoms with Crippen molar-refractivity contribution >= 4 is 34.6 Å². The Kier molecular flexibility index (Phi) is 5.84. The van der Waals surface area contributed by atoms with Gasteiger partial charge in [-0.3, -0.25) is 4.79 Å². The highest BCUT2D eigenvalue weighted by atomic mass is 35.5. The summed E-state index contributed by atoms with van der Waals surface area (Å²) in [6.45, 7) is 0. The molecule has 0 saturated heterocycles. The maximum Gasteiger partial charge on any atom is 0.255 e. The molecule has 27 heavy (non-hydrogen) atoms. The van der Waals surface area contributed by atoms with E-state index in [1.807, 2.05) is 42.5 Å². The lowest BCUT2D eigenvalue weighted by Gasteiger charge is -2.14. The van der Waals surface area contributed by atoms with Gasteiger partial charge in [0.2, 0.25) is 0 Å². The van der Waals surface area contributed by atoms with Crippen LogP contribution in [-0.4, -0.2) is 20.1 Å². The van der Waals surface area contributed by atoms with Crippen LogP contribution in [-0.2, 0) is 0 Å². The lowest BCUT2D eigenvalue weighted by molar-refractivity contribution is 0.102. The van der Waals surface area contributed by atoms with Crippen molar-refractivity contribution in [2.45, 2.75) is 0 Å². The molecule has 0 aliphatic rings. The first-order chi connectivity index (χ1) is 13.1. The van der Waals surface area contributed by atoms with Gasteiger partial charge in [0.05, 0.1) is 24.9 Å². The summed E-state index contributed by atoms with van der Waals surface area (Å²) in [7, 11) is 3.13. The van der Waals surface area contributed by atoms with Gasteiger partial charge in [-0.15, -0.1) is 0 Å². The number of hydrogen-bond acceptors (Lipinski definition) is 4. The van der Waals surface area contributed by atoms with E-state index in [0.29, 0.717) is 27.8 Å². The first-order valence-electron chi connectivity index (χ1n) is 8.25. The fourth-order valence-corrected chi connectivity index (χ4v) is 2.77. The molecule has 138 valence electrons. The fraction of sp³-hybridized carbons (Fsp3) is 0.0952. The highest BCUT2D eigenvalue weighted by Gasteiger charge is 2.10. The van der Waals surface area contributed by atoms with E-state index in [2.05, 4.69) is 10.6 Å². The first-order valence-corrected chi connectivity index (χ1v) is 8.63. The van der Waals surface area contributed by atoms with Gasteiger partial charge in [0.25, 0.3) is 5.91 Å². The van der Waals surface area contributed by atoms with Crippen molar-refractivity contribution in [3.05, 3.63) is 77.3 Å². The Morgan fingerprint density at radius 3 is 2.11 bits per heavy atom. The molecule has 0 unspecified atom stereocenters. The quantitative estimate of drug-likeness (QED) is 0.603. The summed E-state index contributed by atoms with van der Waals surface area (Å²) in [5.41, 5.74) is 2.86. The van der Waals surface area contributed by atoms with Gasteiger partial charge in [0.15, 0.2) is 0 Å². The van der Waals surface area contributed by atoms with Gasteiger partial charge < -0.3 is 20.1 Å². The molecule has 0 aliphatic carbocycles. The maximum atomic E-state index is 12.2. The van der Waals surface area contributed by atoms with E-state index in [1.54, 1.807) is 38.5 Å². The molecule has 6 heteroatoms. The number of anilines is 3. The van der Waals surface area contributed by atoms with Crippen molar-refractivity contribution in [1.82, 2.24) is 0 Å². The molecule has 0 spiro atoms. The molecule has 5 nitrogen and oxygen atoms in total. The summed E-state index contributed by atoms with van der Waals surface area (Å²) in [5.74, 6) is 0.995. The standard InChI is InChI=1S/C21H19ClN2O3/c1-26-19-13-18(20(27-2)12-17(19)22)23-15-8-10-16(11-9-15)24-21(25)14-6-4-3-5-7-14/h3-13,23H,1-2H3,(H,24,25). The summed E-state index contributed by atoms with van der Waals surface area (Å²) < 4.78 is 10.6. The molecule has 0 fully saturated rings. The largest absolute Gasteiger partial charge is 0.495 e. The predicted molar refractivity (Wildman–Crippen MR) is 109 cm³/mol. The minimum Gasteiger partial charge on any atom is -0.495 e. The molecular formula is C21H19ClN2O3. The van der Waals surface area contributed by atoms with Crippen molar-refractivity contribution in [1.29, 1.82) is 0 Å². The van der Waals surface area contributed by atoms with Crippen LogP contribution in [0.4, 0.5) is 17.1 Å². The zero-order valence-corrected chi connectivity index (χ0v) is 15.7. The molecule has 0 saturated carbocycles. The van der Waals surface area contributed by atoms with Gasteiger partial charge in [0.1, 0.15) is 11.5 Å². The maximum absolute atomic E-state index is 12.2. The molecule has 0 aliphatic heterocycles. The Bertz CT molecular complexity index is 928. The molecule has 0 bridgehead atoms. The van der Waals surface area contributed by atoms with Crippen molar-refractivity contribution < 1.29 is 14.3 Å². The molecule has 0 heterocycles. The number of ether oxygens (including phenoxy) is 2. The number of nitrogens with one attached hydrogen (secondary N) is 2. The molecule has 1 amide bonds. The molecule has 3 rings (SSSR count). The van der Waals surface area contributed by atoms with Gasteiger partial charge in [-0.25, -0.2) is 0 Å². The number of carbonyl (C=O) groups excluding carboxylic acids is 1. The zero-order valence-electron chi connectivity index (χ0n) is 15.0. The van der Waals surface area contributed by atoms with E-state index in [4.69, 9.17) is 21.1 Å². The minimum absolute atomic E-state index is 0.152. The third-order valence-electron chi connectivity index (χ3n) is 3.93. The van der Waals surface area contributed by atoms with Crippen LogP contribution in [0.1, 0.15) is 10.4 Å². The van der Waals surface area contributed by atoms with E-state index in [9.17, 15) is 4.79 Å². The van der Waals surface area contributed by atoms with Gasteiger partial charge in [-0.2, -0.15) is 0 Å². The topological polar surface area (TPSA) is 59.6 Å². The lowest BCUT2D eigenvalue weighted by Crippen LogP contribution is -2.11. The number of halogens is 1. The number of rotatable bonds is 6. The van der Waals surface area contributed by atoms with Crippen molar-refractivity contribution in [3.63, 3.8) is 0 Å². The number of benzene rings is 3. The van der Waals surface area contributed by atoms with E-state index in [-0.39, 0.29) is 5.91 Å². The van der Waals surface area contributed by atoms with Gasteiger partial charge in [-0.05, 0) is 36.4 Å². The van der Waals surface area contributed by atoms with Gasteiger partial charge in [0, 0.05) is 29.1 Å². The number of amides is 1. The van der Waals surface area contributed by atoms with Crippen molar-refractivity contribution in [2.75, 3.05) is 24.9 Å². The van der Waals surface area contributed by atoms with E-state index >= 15 is 0 Å². The first kappa shape index (κ1) is 18.6. The van der Waals surface area contributed by atoms with Gasteiger partial charge >= 0.3 is 0 Å². The number of carbonyl (C=O) groups is 1. The highest BCUT2D eigenvalue weighted by molar-refractivity contribution is 6.32. The normalized spacial score (nSPS) is 10.2. The Balaban J connectivity index is 1.74. The lowest BCUT2D eigenvalue weighted by atomic mass is 10.2. The second kappa shape index (κ2) is 8.47. The van der Waals surface area contributed by atoms with Crippen LogP contribution in [0.25, 0.3) is 0 Å². The van der Waals surface area contributed by atoms with Crippen LogP contribution >= 0.6 is 11.6 Å². The SMILES string of the molecule is COc1cc(Nc2ccc(NC(=O)c3ccccc3)cc2)c(OC)cc1Cl. The summed E-state index contributed by atoms with van der Waals surface area (Å²) in [6, 6.07) is 19.9. The number of hydrogen-bond donors (Lipinski definition) is 2. The summed E-state index contributed by atoms with van der Waals surface area (Å²) in [4.78, 5) is 12.2. The molecule has 0 atom stereocenters. The zero-order chi connectivity index (χ0) is 19.2. The van der Waals surface area contributed by atoms with Crippen LogP contribution in [0.15, 0.2) is 66.7 Å². The molecule has 0 radical (unpaired) electrons. The van der Waals surface area contributed by atoms with Crippen LogP contribution in [0.3, 0.4) is 0 Å². The summed E-state index contributed by atoms with van der Waals surface area (Å²) in [6.07, 6.45) is 0. The molecule has 2 N–H and O–H groups in total. The summed E-state index contributed by atoms with van der Waals surface area (Å²) in [5, 5.41) is 6.60. The fourth-order valence-electron chi connectivity index (χ4n) is 2.54. The second-order valence-corrected chi connectivity index (χ2v) is 6.12. The van der Waals surface area contributed by atoms with Crippen LogP contribution in [0, 0.1) is 0 Å². The van der Waals surface area contributed by atoms with Crippen molar-refractivity contribution in [3.8, 4) is 11.5 Å². The van der Waals surface area contributed by atoms with Crippen LogP contribution in [0.5, 0.6) is 11.5 Å². The van der Waals surface area contributed by atoms with Gasteiger partial charge in [-0.1, -0.05) is 29.8 Å². The molecule has 0 aromatic heterocycles. The average molecular weight is 383 g/mol. The third-order valence-corrected chi connectivity index (χ3v) is 4.23. The summed E-state index contributed by atoms with van der Waals surface area (Å²) >= 11 is 6.13. The Morgan fingerprint density at radius 2 is 1.48 bits per heavy atom. The van der Waals surface area contributed by atoms with E-state index < -0.39 is 0 Å². The molecule has 3 aromatic rings. The predicted octanol–water partition coefficient (Wildman–Crippen LogP) is 5.35. The van der Waals surface area contributed by atoms with Crippen LogP contribution < -0.4 is 20.1 Å². The number of methoxy groups -OCH3 is 2. The van der Waals surface area contributed by atoms with Crippen LogP contribution in [0.2, 0.25) is 5.02 Å². The average Bonchev–Trinajstić information content (AvgIpc) is 2.71. The Labute approximate surface area is 162 Å². The second-order valence-electron chi connectivity index (χ2n) is 5.71. The third kappa shape index (κ3) is 4.51. The Hall–Kier alpha value is -3.18. The van der Waals surface area contributed by atoms with Crippen molar-refractivity contribution in [2.24, 2.45) is 0 Å². The minimum atomic E-state index is -0.152. The smallest absolute Gasteiger partial charge is 0.255 e. The highest BCUT2D eigenvalue weighted by Crippen LogP contribution is 2.37. The monoisotopic (exact) mass is 382 g/mol. The molecule has 3 aromatic carbocycles.